The molecule has 2 rings (SSSR count). The number of ether oxygens (including phenoxy) is 2. The van der Waals surface area contributed by atoms with Crippen LogP contribution < -0.4 is 9.47 Å². The number of methoxy groups -OCH3 is 1. The van der Waals surface area contributed by atoms with E-state index in [9.17, 15) is 0 Å². The average Bonchev–Trinajstić information content (AvgIpc) is 2.42. The molecule has 0 saturated heterocycles. The molecule has 0 amide bonds. The molecule has 0 radical (unpaired) electrons. The van der Waals surface area contributed by atoms with E-state index in [-0.39, 0.29) is 0 Å². The van der Waals surface area contributed by atoms with Gasteiger partial charge in [0.1, 0.15) is 23.3 Å². The lowest BCUT2D eigenvalue weighted by atomic mass is 10.1. The van der Waals surface area contributed by atoms with Gasteiger partial charge in [-0.15, -0.1) is 0 Å². The Morgan fingerprint density at radius 3 is 2.47 bits per heavy atom. The van der Waals surface area contributed by atoms with Gasteiger partial charge >= 0.3 is 0 Å². The van der Waals surface area contributed by atoms with Crippen LogP contribution in [0.2, 0.25) is 0 Å². The molecule has 3 nitrogen and oxygen atoms in total. The Hall–Kier alpha value is -1.99. The van der Waals surface area contributed by atoms with Crippen molar-refractivity contribution >= 4 is 15.9 Å². The minimum atomic E-state index is 0.516. The zero-order valence-electron chi connectivity index (χ0n) is 10.6. The summed E-state index contributed by atoms with van der Waals surface area (Å²) in [4.78, 5) is 0. The molecule has 0 aliphatic heterocycles. The molecule has 0 aromatic heterocycles. The Kier molecular flexibility index (Phi) is 4.08. The smallest absolute Gasteiger partial charge is 0.145 e. The molecular weight excluding hydrogens is 306 g/mol. The van der Waals surface area contributed by atoms with Gasteiger partial charge in [-0.1, -0.05) is 6.07 Å². The molecule has 0 unspecified atom stereocenters. The fraction of sp³-hybridized carbons (Fsp3) is 0.133. The Morgan fingerprint density at radius 2 is 1.84 bits per heavy atom. The Labute approximate surface area is 120 Å². The second kappa shape index (κ2) is 5.77. The summed E-state index contributed by atoms with van der Waals surface area (Å²) in [6, 6.07) is 13.1. The molecule has 19 heavy (non-hydrogen) atoms. The van der Waals surface area contributed by atoms with Gasteiger partial charge < -0.3 is 9.47 Å². The number of benzene rings is 2. The molecule has 0 bridgehead atoms. The molecule has 0 aliphatic rings. The summed E-state index contributed by atoms with van der Waals surface area (Å²) in [5.74, 6) is 1.92. The van der Waals surface area contributed by atoms with E-state index < -0.39 is 0 Å². The van der Waals surface area contributed by atoms with Crippen LogP contribution in [0.1, 0.15) is 11.1 Å². The first-order valence-electron chi connectivity index (χ1n) is 5.66. The number of halogens is 1. The second-order valence-corrected chi connectivity index (χ2v) is 4.86. The van der Waals surface area contributed by atoms with Gasteiger partial charge in [-0.25, -0.2) is 0 Å². The monoisotopic (exact) mass is 317 g/mol. The molecule has 0 atom stereocenters. The summed E-state index contributed by atoms with van der Waals surface area (Å²) in [6.45, 7) is 1.94. The van der Waals surface area contributed by atoms with Crippen LogP contribution in [0.25, 0.3) is 0 Å². The Morgan fingerprint density at radius 1 is 1.11 bits per heavy atom. The van der Waals surface area contributed by atoms with E-state index >= 15 is 0 Å². The highest BCUT2D eigenvalue weighted by atomic mass is 79.9. The van der Waals surface area contributed by atoms with E-state index in [4.69, 9.17) is 14.7 Å². The van der Waals surface area contributed by atoms with E-state index in [2.05, 4.69) is 22.0 Å². The average molecular weight is 318 g/mol. The predicted molar refractivity (Wildman–Crippen MR) is 76.7 cm³/mol. The van der Waals surface area contributed by atoms with Crippen molar-refractivity contribution in [1.29, 1.82) is 5.26 Å². The minimum Gasteiger partial charge on any atom is -0.497 e. The van der Waals surface area contributed by atoms with Gasteiger partial charge in [0.05, 0.1) is 17.1 Å². The van der Waals surface area contributed by atoms with Crippen LogP contribution in [0.4, 0.5) is 0 Å². The third-order valence-electron chi connectivity index (χ3n) is 2.61. The maximum Gasteiger partial charge on any atom is 0.145 e. The van der Waals surface area contributed by atoms with Crippen LogP contribution in [0.5, 0.6) is 17.2 Å². The maximum absolute atomic E-state index is 9.11. The van der Waals surface area contributed by atoms with Crippen LogP contribution in [-0.2, 0) is 0 Å². The predicted octanol–water partition coefficient (Wildman–Crippen LogP) is 4.43. The van der Waals surface area contributed by atoms with Crippen LogP contribution in [0.3, 0.4) is 0 Å². The zero-order chi connectivity index (χ0) is 13.8. The van der Waals surface area contributed by atoms with Gasteiger partial charge in [-0.3, -0.25) is 0 Å². The van der Waals surface area contributed by atoms with Gasteiger partial charge in [-0.2, -0.15) is 5.26 Å². The van der Waals surface area contributed by atoms with Crippen LogP contribution >= 0.6 is 15.9 Å². The molecule has 2 aromatic carbocycles. The molecule has 0 spiro atoms. The molecule has 0 saturated carbocycles. The summed E-state index contributed by atoms with van der Waals surface area (Å²) in [5.41, 5.74) is 1.54. The highest BCUT2D eigenvalue weighted by Crippen LogP contribution is 2.34. The molecule has 0 fully saturated rings. The van der Waals surface area contributed by atoms with Gasteiger partial charge in [0.25, 0.3) is 0 Å². The number of aryl methyl sites for hydroxylation is 1. The topological polar surface area (TPSA) is 42.2 Å². The molecule has 0 heterocycles. The van der Waals surface area contributed by atoms with Crippen molar-refractivity contribution in [2.45, 2.75) is 6.92 Å². The zero-order valence-corrected chi connectivity index (χ0v) is 12.2. The van der Waals surface area contributed by atoms with Crippen molar-refractivity contribution in [2.75, 3.05) is 7.11 Å². The van der Waals surface area contributed by atoms with Gasteiger partial charge in [0.2, 0.25) is 0 Å². The summed E-state index contributed by atoms with van der Waals surface area (Å²) < 4.78 is 11.7. The Balaban J connectivity index is 2.34. The summed E-state index contributed by atoms with van der Waals surface area (Å²) in [7, 11) is 1.61. The van der Waals surface area contributed by atoms with Crippen molar-refractivity contribution in [3.63, 3.8) is 0 Å². The number of hydrogen-bond acceptors (Lipinski definition) is 3. The third-order valence-corrected chi connectivity index (χ3v) is 3.23. The van der Waals surface area contributed by atoms with Crippen LogP contribution in [0.15, 0.2) is 40.9 Å². The minimum absolute atomic E-state index is 0.516. The highest BCUT2D eigenvalue weighted by Gasteiger charge is 2.08. The van der Waals surface area contributed by atoms with E-state index in [1.807, 2.05) is 19.1 Å². The van der Waals surface area contributed by atoms with Crippen molar-refractivity contribution < 1.29 is 9.47 Å². The fourth-order valence-corrected chi connectivity index (χ4v) is 2.07. The lowest BCUT2D eigenvalue weighted by molar-refractivity contribution is 0.412. The first-order chi connectivity index (χ1) is 9.13. The van der Waals surface area contributed by atoms with Gasteiger partial charge in [-0.05, 0) is 58.7 Å². The number of nitrogens with zero attached hydrogens (tertiary/aromatic N) is 1. The molecule has 4 heteroatoms. The normalized spacial score (nSPS) is 9.79. The van der Waals surface area contributed by atoms with Gasteiger partial charge in [0.15, 0.2) is 0 Å². The summed E-state index contributed by atoms with van der Waals surface area (Å²) in [5, 5.41) is 9.11. The number of nitriles is 1. The maximum atomic E-state index is 9.11. The molecule has 96 valence electrons. The third kappa shape index (κ3) is 3.07. The van der Waals surface area contributed by atoms with Gasteiger partial charge in [0, 0.05) is 0 Å². The van der Waals surface area contributed by atoms with E-state index in [1.165, 1.54) is 0 Å². The summed E-state index contributed by atoms with van der Waals surface area (Å²) in [6.07, 6.45) is 0. The quantitative estimate of drug-likeness (QED) is 0.841. The number of rotatable bonds is 3. The second-order valence-electron chi connectivity index (χ2n) is 4.01. The van der Waals surface area contributed by atoms with Crippen LogP contribution in [0, 0.1) is 18.3 Å². The first kappa shape index (κ1) is 13.4. The molecule has 0 aliphatic carbocycles. The van der Waals surface area contributed by atoms with Crippen molar-refractivity contribution in [3.05, 3.63) is 52.0 Å². The standard InChI is InChI=1S/C15H12BrNO2/c1-10-3-5-14(11(7-10)9-17)19-15-6-4-12(18-2)8-13(15)16/h3-8H,1-2H3. The first-order valence-corrected chi connectivity index (χ1v) is 6.45. The fourth-order valence-electron chi connectivity index (χ4n) is 1.63. The number of hydrogen-bond donors (Lipinski definition) is 0. The molecule has 2 aromatic rings. The van der Waals surface area contributed by atoms with Crippen molar-refractivity contribution in [1.82, 2.24) is 0 Å². The van der Waals surface area contributed by atoms with E-state index in [0.717, 1.165) is 15.8 Å². The Bertz CT molecular complexity index is 647. The molecule has 0 N–H and O–H groups in total. The lowest BCUT2D eigenvalue weighted by Crippen LogP contribution is -1.91. The summed E-state index contributed by atoms with van der Waals surface area (Å²) >= 11 is 3.42. The van der Waals surface area contributed by atoms with Crippen LogP contribution in [-0.4, -0.2) is 7.11 Å². The van der Waals surface area contributed by atoms with Crippen molar-refractivity contribution in [2.24, 2.45) is 0 Å². The lowest BCUT2D eigenvalue weighted by Gasteiger charge is -2.10. The SMILES string of the molecule is COc1ccc(Oc2ccc(C)cc2C#N)c(Br)c1. The largest absolute Gasteiger partial charge is 0.497 e. The molecular formula is C15H12BrNO2. The van der Waals surface area contributed by atoms with E-state index in [1.54, 1.807) is 31.4 Å². The van der Waals surface area contributed by atoms with Crippen molar-refractivity contribution in [3.8, 4) is 23.3 Å². The van der Waals surface area contributed by atoms with E-state index in [0.29, 0.717) is 17.1 Å². The highest BCUT2D eigenvalue weighted by molar-refractivity contribution is 9.10.